The fourth-order valence-corrected chi connectivity index (χ4v) is 3.23. The third kappa shape index (κ3) is 20.1. The van der Waals surface area contributed by atoms with Crippen molar-refractivity contribution >= 4 is 78.1 Å². The van der Waals surface area contributed by atoms with Crippen molar-refractivity contribution in [1.82, 2.24) is 0 Å². The van der Waals surface area contributed by atoms with Crippen LogP contribution < -0.4 is 11.1 Å². The predicted octanol–water partition coefficient (Wildman–Crippen LogP) is 10.6. The zero-order chi connectivity index (χ0) is 30.9. The molecule has 216 valence electrons. The molecular formula is C34H37Br2ClN2O2. The maximum absolute atomic E-state index is 11.7. The van der Waals surface area contributed by atoms with E-state index in [2.05, 4.69) is 37.2 Å². The summed E-state index contributed by atoms with van der Waals surface area (Å²) in [7, 11) is 0. The minimum atomic E-state index is -0.450. The molecule has 4 aromatic rings. The fraction of sp³-hybridized carbons (Fsp3) is 0.118. The SMILES string of the molecule is CC.CC.Nc1ccc(Br)cc1.O=C(/C=C/c1ccccc1)Nc1ccc(Br)cc1.O=C(Cl)/C=C/c1ccccc1. The summed E-state index contributed by atoms with van der Waals surface area (Å²) in [4.78, 5) is 22.0. The molecule has 4 aromatic carbocycles. The molecule has 0 heterocycles. The van der Waals surface area contributed by atoms with E-state index >= 15 is 0 Å². The molecule has 1 amide bonds. The Morgan fingerprint density at radius 3 is 1.41 bits per heavy atom. The lowest BCUT2D eigenvalue weighted by atomic mass is 10.2. The molecule has 0 atom stereocenters. The number of nitrogen functional groups attached to an aromatic ring is 1. The zero-order valence-electron chi connectivity index (χ0n) is 23.7. The molecule has 0 aliphatic heterocycles. The quantitative estimate of drug-likeness (QED) is 0.124. The van der Waals surface area contributed by atoms with Crippen LogP contribution >= 0.6 is 43.5 Å². The molecule has 7 heteroatoms. The van der Waals surface area contributed by atoms with Crippen LogP contribution in [0.4, 0.5) is 11.4 Å². The summed E-state index contributed by atoms with van der Waals surface area (Å²) in [5.41, 5.74) is 8.96. The van der Waals surface area contributed by atoms with Gasteiger partial charge in [-0.25, -0.2) is 0 Å². The normalized spacial score (nSPS) is 9.44. The van der Waals surface area contributed by atoms with Crippen LogP contribution in [0.1, 0.15) is 38.8 Å². The lowest BCUT2D eigenvalue weighted by Crippen LogP contribution is -2.07. The highest BCUT2D eigenvalue weighted by atomic mass is 79.9. The largest absolute Gasteiger partial charge is 0.399 e. The van der Waals surface area contributed by atoms with Gasteiger partial charge in [-0.1, -0.05) is 126 Å². The number of nitrogens with one attached hydrogen (secondary N) is 1. The number of hydrogen-bond acceptors (Lipinski definition) is 3. The Bertz CT molecular complexity index is 1270. The smallest absolute Gasteiger partial charge is 0.248 e. The molecule has 0 saturated heterocycles. The third-order valence-electron chi connectivity index (χ3n) is 4.41. The average molecular weight is 701 g/mol. The summed E-state index contributed by atoms with van der Waals surface area (Å²) in [6.45, 7) is 8.00. The van der Waals surface area contributed by atoms with Gasteiger partial charge in [-0.15, -0.1) is 0 Å². The first kappa shape index (κ1) is 37.6. The molecule has 0 aromatic heterocycles. The van der Waals surface area contributed by atoms with Crippen molar-refractivity contribution in [3.05, 3.63) is 141 Å². The van der Waals surface area contributed by atoms with Crippen molar-refractivity contribution in [2.75, 3.05) is 11.1 Å². The van der Waals surface area contributed by atoms with E-state index in [-0.39, 0.29) is 5.91 Å². The Morgan fingerprint density at radius 2 is 1.02 bits per heavy atom. The van der Waals surface area contributed by atoms with E-state index in [0.717, 1.165) is 31.4 Å². The van der Waals surface area contributed by atoms with Crippen molar-refractivity contribution in [2.45, 2.75) is 27.7 Å². The van der Waals surface area contributed by atoms with Gasteiger partial charge in [-0.3, -0.25) is 9.59 Å². The fourth-order valence-electron chi connectivity index (χ4n) is 2.64. The Kier molecular flexibility index (Phi) is 22.3. The summed E-state index contributed by atoms with van der Waals surface area (Å²) in [5, 5.41) is 2.34. The van der Waals surface area contributed by atoms with Gasteiger partial charge in [0.2, 0.25) is 11.1 Å². The van der Waals surface area contributed by atoms with E-state index in [4.69, 9.17) is 17.3 Å². The number of benzene rings is 4. The number of allylic oxidation sites excluding steroid dienone is 1. The number of amides is 1. The van der Waals surface area contributed by atoms with Gasteiger partial charge in [-0.05, 0) is 83.4 Å². The van der Waals surface area contributed by atoms with Gasteiger partial charge in [0.25, 0.3) is 0 Å². The average Bonchev–Trinajstić information content (AvgIpc) is 3.01. The van der Waals surface area contributed by atoms with Crippen molar-refractivity contribution < 1.29 is 9.59 Å². The number of hydrogen-bond donors (Lipinski definition) is 2. The first-order valence-electron chi connectivity index (χ1n) is 13.0. The third-order valence-corrected chi connectivity index (χ3v) is 5.60. The highest BCUT2D eigenvalue weighted by molar-refractivity contribution is 9.10. The molecule has 0 bridgehead atoms. The molecule has 0 aliphatic rings. The summed E-state index contributed by atoms with van der Waals surface area (Å²) in [6.07, 6.45) is 6.32. The summed E-state index contributed by atoms with van der Waals surface area (Å²) >= 11 is 11.7. The second kappa shape index (κ2) is 24.4. The van der Waals surface area contributed by atoms with Crippen LogP contribution in [0.5, 0.6) is 0 Å². The van der Waals surface area contributed by atoms with Gasteiger partial charge in [0.05, 0.1) is 0 Å². The molecular weight excluding hydrogens is 664 g/mol. The molecule has 3 N–H and O–H groups in total. The van der Waals surface area contributed by atoms with Gasteiger partial charge >= 0.3 is 0 Å². The van der Waals surface area contributed by atoms with E-state index in [1.165, 1.54) is 12.2 Å². The molecule has 0 spiro atoms. The number of carbonyl (C=O) groups excluding carboxylic acids is 2. The van der Waals surface area contributed by atoms with Gasteiger partial charge < -0.3 is 11.1 Å². The molecule has 0 fully saturated rings. The van der Waals surface area contributed by atoms with Gasteiger partial charge in [0.15, 0.2) is 0 Å². The van der Waals surface area contributed by atoms with E-state index in [0.29, 0.717) is 0 Å². The topological polar surface area (TPSA) is 72.2 Å². The second-order valence-electron chi connectivity index (χ2n) is 7.34. The molecule has 41 heavy (non-hydrogen) atoms. The number of nitrogens with two attached hydrogens (primary N) is 1. The summed E-state index contributed by atoms with van der Waals surface area (Å²) in [5.74, 6) is -0.138. The number of halogens is 3. The van der Waals surface area contributed by atoms with Crippen molar-refractivity contribution in [3.8, 4) is 0 Å². The number of anilines is 2. The highest BCUT2D eigenvalue weighted by Crippen LogP contribution is 2.14. The summed E-state index contributed by atoms with van der Waals surface area (Å²) in [6, 6.07) is 34.2. The van der Waals surface area contributed by atoms with Crippen LogP contribution in [0, 0.1) is 0 Å². The minimum absolute atomic E-state index is 0.138. The van der Waals surface area contributed by atoms with Crippen LogP contribution in [0.25, 0.3) is 12.2 Å². The zero-order valence-corrected chi connectivity index (χ0v) is 27.7. The van der Waals surface area contributed by atoms with E-state index < -0.39 is 5.24 Å². The monoisotopic (exact) mass is 698 g/mol. The van der Waals surface area contributed by atoms with Gasteiger partial charge in [0, 0.05) is 26.4 Å². The van der Waals surface area contributed by atoms with Crippen LogP contribution in [-0.4, -0.2) is 11.1 Å². The molecule has 4 nitrogen and oxygen atoms in total. The Labute approximate surface area is 266 Å². The van der Waals surface area contributed by atoms with Crippen LogP contribution in [0.15, 0.2) is 130 Å². The van der Waals surface area contributed by atoms with Crippen LogP contribution in [0.3, 0.4) is 0 Å². The van der Waals surface area contributed by atoms with Crippen molar-refractivity contribution in [1.29, 1.82) is 0 Å². The van der Waals surface area contributed by atoms with E-state index in [9.17, 15) is 9.59 Å². The Balaban J connectivity index is 0.000000595. The van der Waals surface area contributed by atoms with Crippen LogP contribution in [0.2, 0.25) is 0 Å². The van der Waals surface area contributed by atoms with Crippen LogP contribution in [-0.2, 0) is 9.59 Å². The molecule has 0 radical (unpaired) electrons. The lowest BCUT2D eigenvalue weighted by molar-refractivity contribution is -0.112. The molecule has 0 unspecified atom stereocenters. The molecule has 4 rings (SSSR count). The molecule has 0 aliphatic carbocycles. The minimum Gasteiger partial charge on any atom is -0.399 e. The van der Waals surface area contributed by atoms with Crippen molar-refractivity contribution in [3.63, 3.8) is 0 Å². The van der Waals surface area contributed by atoms with E-state index in [1.807, 2.05) is 137 Å². The second-order valence-corrected chi connectivity index (χ2v) is 9.54. The first-order valence-corrected chi connectivity index (χ1v) is 15.0. The summed E-state index contributed by atoms with van der Waals surface area (Å²) < 4.78 is 2.05. The Morgan fingerprint density at radius 1 is 0.634 bits per heavy atom. The maximum atomic E-state index is 11.7. The Hall–Kier alpha value is -3.45. The predicted molar refractivity (Wildman–Crippen MR) is 186 cm³/mol. The highest BCUT2D eigenvalue weighted by Gasteiger charge is 1.97. The number of rotatable bonds is 5. The standard InChI is InChI=1S/C15H12BrNO.C9H7ClO.C6H6BrN.2C2H6/c16-13-7-9-14(10-8-13)17-15(18)11-6-12-4-2-1-3-5-12;10-9(11)7-6-8-4-2-1-3-5-8;7-5-1-3-6(8)4-2-5;2*1-2/h1-11H,(H,17,18);1-7H;1-4H,8H2;2*1-2H3/b11-6+;7-6+;;;. The van der Waals surface area contributed by atoms with Crippen molar-refractivity contribution in [2.24, 2.45) is 0 Å². The molecule has 0 saturated carbocycles. The maximum Gasteiger partial charge on any atom is 0.248 e. The van der Waals surface area contributed by atoms with Gasteiger partial charge in [-0.2, -0.15) is 0 Å². The lowest BCUT2D eigenvalue weighted by Gasteiger charge is -2.01. The van der Waals surface area contributed by atoms with Gasteiger partial charge in [0.1, 0.15) is 0 Å². The number of carbonyl (C=O) groups is 2. The van der Waals surface area contributed by atoms with E-state index in [1.54, 1.807) is 12.2 Å². The first-order chi connectivity index (χ1) is 19.8.